The Morgan fingerprint density at radius 2 is 2.08 bits per heavy atom. The summed E-state index contributed by atoms with van der Waals surface area (Å²) < 4.78 is 36.4. The summed E-state index contributed by atoms with van der Waals surface area (Å²) in [7, 11) is 0. The second kappa shape index (κ2) is 5.81. The third-order valence-corrected chi connectivity index (χ3v) is 4.61. The molecule has 0 aliphatic carbocycles. The van der Waals surface area contributed by atoms with Crippen molar-refractivity contribution in [3.63, 3.8) is 0 Å². The van der Waals surface area contributed by atoms with Crippen molar-refractivity contribution in [1.29, 1.82) is 0 Å². The van der Waals surface area contributed by atoms with E-state index in [2.05, 4.69) is 11.7 Å². The van der Waals surface area contributed by atoms with Crippen LogP contribution in [0, 0.1) is 0 Å². The van der Waals surface area contributed by atoms with E-state index in [-0.39, 0.29) is 24.7 Å². The van der Waals surface area contributed by atoms with Gasteiger partial charge in [-0.3, -0.25) is 4.68 Å². The standard InChI is InChI=1S/C18H25F2N3O2/c1-11-6-7-23-15(18(19,20)9-11)13-10-22(12(2)8-14(13)21-23)16(24)25-17(3,4)5/h12H,1,6-10H2,2-5H3. The van der Waals surface area contributed by atoms with E-state index in [9.17, 15) is 13.6 Å². The summed E-state index contributed by atoms with van der Waals surface area (Å²) in [5.41, 5.74) is 0.950. The van der Waals surface area contributed by atoms with E-state index in [0.29, 0.717) is 36.2 Å². The Morgan fingerprint density at radius 1 is 1.40 bits per heavy atom. The highest BCUT2D eigenvalue weighted by Crippen LogP contribution is 2.42. The number of hydrogen-bond donors (Lipinski definition) is 0. The van der Waals surface area contributed by atoms with Crippen LogP contribution in [0.5, 0.6) is 0 Å². The zero-order valence-electron chi connectivity index (χ0n) is 15.2. The number of amides is 1. The zero-order chi connectivity index (χ0) is 18.6. The molecule has 1 atom stereocenters. The summed E-state index contributed by atoms with van der Waals surface area (Å²) in [6, 6.07) is -0.148. The minimum atomic E-state index is -3.02. The van der Waals surface area contributed by atoms with Gasteiger partial charge in [0.05, 0.1) is 12.2 Å². The molecule has 0 N–H and O–H groups in total. The number of carbonyl (C=O) groups is 1. The van der Waals surface area contributed by atoms with Gasteiger partial charge in [-0.25, -0.2) is 4.79 Å². The molecule has 0 saturated heterocycles. The topological polar surface area (TPSA) is 47.4 Å². The van der Waals surface area contributed by atoms with Crippen LogP contribution in [0.4, 0.5) is 13.6 Å². The van der Waals surface area contributed by atoms with E-state index in [1.165, 1.54) is 9.58 Å². The average molecular weight is 353 g/mol. The molecule has 0 aromatic carbocycles. The van der Waals surface area contributed by atoms with Crippen LogP contribution in [0.1, 0.15) is 57.5 Å². The summed E-state index contributed by atoms with van der Waals surface area (Å²) in [5, 5.41) is 4.42. The van der Waals surface area contributed by atoms with Crippen molar-refractivity contribution in [3.05, 3.63) is 29.1 Å². The number of ether oxygens (including phenoxy) is 1. The lowest BCUT2D eigenvalue weighted by atomic mass is 9.96. The smallest absolute Gasteiger partial charge is 0.410 e. The molecule has 25 heavy (non-hydrogen) atoms. The molecular weight excluding hydrogens is 328 g/mol. The van der Waals surface area contributed by atoms with Crippen LogP contribution in [-0.2, 0) is 30.2 Å². The first-order chi connectivity index (χ1) is 11.5. The normalized spacial score (nSPS) is 22.9. The van der Waals surface area contributed by atoms with Crippen LogP contribution < -0.4 is 0 Å². The maximum absolute atomic E-state index is 14.8. The number of rotatable bonds is 0. The van der Waals surface area contributed by atoms with Crippen molar-refractivity contribution in [2.45, 2.75) is 77.6 Å². The number of fused-ring (bicyclic) bond motifs is 3. The van der Waals surface area contributed by atoms with Crippen LogP contribution in [-0.4, -0.2) is 32.4 Å². The van der Waals surface area contributed by atoms with Crippen LogP contribution >= 0.6 is 0 Å². The first-order valence-corrected chi connectivity index (χ1v) is 8.61. The number of alkyl halides is 2. The molecule has 1 aromatic heterocycles. The fourth-order valence-corrected chi connectivity index (χ4v) is 3.48. The van der Waals surface area contributed by atoms with Crippen molar-refractivity contribution in [1.82, 2.24) is 14.7 Å². The third kappa shape index (κ3) is 3.41. The highest BCUT2D eigenvalue weighted by molar-refractivity contribution is 5.69. The lowest BCUT2D eigenvalue weighted by Gasteiger charge is -2.35. The number of carbonyl (C=O) groups excluding carboxylic acids is 1. The average Bonchev–Trinajstić information content (AvgIpc) is 2.74. The second-order valence-electron chi connectivity index (χ2n) is 8.04. The number of nitrogens with zero attached hydrogens (tertiary/aromatic N) is 3. The van der Waals surface area contributed by atoms with Gasteiger partial charge in [-0.1, -0.05) is 12.2 Å². The van der Waals surface area contributed by atoms with E-state index in [4.69, 9.17) is 4.74 Å². The first kappa shape index (κ1) is 17.9. The fraction of sp³-hybridized carbons (Fsp3) is 0.667. The summed E-state index contributed by atoms with van der Waals surface area (Å²) in [4.78, 5) is 14.0. The molecule has 0 spiro atoms. The van der Waals surface area contributed by atoms with E-state index in [1.807, 2.05) is 6.92 Å². The number of allylic oxidation sites excluding steroid dienone is 1. The van der Waals surface area contributed by atoms with Crippen LogP contribution in [0.2, 0.25) is 0 Å². The summed E-state index contributed by atoms with van der Waals surface area (Å²) in [6.07, 6.45) is 0.0969. The fourth-order valence-electron chi connectivity index (χ4n) is 3.48. The molecule has 7 heteroatoms. The minimum Gasteiger partial charge on any atom is -0.444 e. The van der Waals surface area contributed by atoms with Gasteiger partial charge in [0.15, 0.2) is 0 Å². The minimum absolute atomic E-state index is 0.0680. The zero-order valence-corrected chi connectivity index (χ0v) is 15.2. The van der Waals surface area contributed by atoms with Crippen molar-refractivity contribution < 1.29 is 18.3 Å². The summed E-state index contributed by atoms with van der Waals surface area (Å²) in [6.45, 7) is 11.5. The summed E-state index contributed by atoms with van der Waals surface area (Å²) in [5.74, 6) is -3.02. The molecular formula is C18H25F2N3O2. The number of aromatic nitrogens is 2. The highest BCUT2D eigenvalue weighted by Gasteiger charge is 2.44. The van der Waals surface area contributed by atoms with Crippen molar-refractivity contribution in [2.75, 3.05) is 0 Å². The molecule has 138 valence electrons. The molecule has 1 unspecified atom stereocenters. The van der Waals surface area contributed by atoms with Gasteiger partial charge in [0.2, 0.25) is 0 Å². The third-order valence-electron chi connectivity index (χ3n) is 4.61. The Morgan fingerprint density at radius 3 is 2.72 bits per heavy atom. The van der Waals surface area contributed by atoms with Crippen molar-refractivity contribution >= 4 is 6.09 Å². The van der Waals surface area contributed by atoms with Crippen molar-refractivity contribution in [3.8, 4) is 0 Å². The molecule has 1 amide bonds. The maximum Gasteiger partial charge on any atom is 0.410 e. The molecule has 2 aliphatic heterocycles. The predicted molar refractivity (Wildman–Crippen MR) is 89.4 cm³/mol. The van der Waals surface area contributed by atoms with Gasteiger partial charge in [-0.15, -0.1) is 0 Å². The van der Waals surface area contributed by atoms with Gasteiger partial charge in [0.25, 0.3) is 5.92 Å². The van der Waals surface area contributed by atoms with Crippen LogP contribution in [0.15, 0.2) is 12.2 Å². The highest BCUT2D eigenvalue weighted by atomic mass is 19.3. The lowest BCUT2D eigenvalue weighted by molar-refractivity contribution is -0.0130. The monoisotopic (exact) mass is 353 g/mol. The van der Waals surface area contributed by atoms with Crippen molar-refractivity contribution in [2.24, 2.45) is 0 Å². The SMILES string of the molecule is C=C1CCn2nc3c(c2C(F)(F)C1)CN(C(=O)OC(C)(C)C)C(C)C3. The molecule has 1 aromatic rings. The Balaban J connectivity index is 1.96. The summed E-state index contributed by atoms with van der Waals surface area (Å²) >= 11 is 0. The molecule has 0 saturated carbocycles. The maximum atomic E-state index is 14.8. The Bertz CT molecular complexity index is 719. The Kier molecular flexibility index (Phi) is 4.16. The Labute approximate surface area is 146 Å². The largest absolute Gasteiger partial charge is 0.444 e. The van der Waals surface area contributed by atoms with Gasteiger partial charge < -0.3 is 9.64 Å². The van der Waals surface area contributed by atoms with Crippen LogP contribution in [0.25, 0.3) is 0 Å². The molecule has 5 nitrogen and oxygen atoms in total. The van der Waals surface area contributed by atoms with E-state index >= 15 is 0 Å². The molecule has 0 fully saturated rings. The second-order valence-corrected chi connectivity index (χ2v) is 8.04. The quantitative estimate of drug-likeness (QED) is 0.662. The van der Waals surface area contributed by atoms with Gasteiger partial charge in [0, 0.05) is 31.0 Å². The lowest BCUT2D eigenvalue weighted by Crippen LogP contribution is -2.45. The van der Waals surface area contributed by atoms with E-state index < -0.39 is 17.6 Å². The molecule has 0 bridgehead atoms. The number of hydrogen-bond acceptors (Lipinski definition) is 3. The van der Waals surface area contributed by atoms with E-state index in [0.717, 1.165) is 0 Å². The molecule has 3 heterocycles. The van der Waals surface area contributed by atoms with Crippen LogP contribution in [0.3, 0.4) is 0 Å². The number of halogens is 2. The van der Waals surface area contributed by atoms with E-state index in [1.54, 1.807) is 20.8 Å². The van der Waals surface area contributed by atoms with Gasteiger partial charge in [-0.05, 0) is 34.1 Å². The molecule has 0 radical (unpaired) electrons. The van der Waals surface area contributed by atoms with Gasteiger partial charge in [-0.2, -0.15) is 13.9 Å². The number of aryl methyl sites for hydroxylation is 1. The first-order valence-electron chi connectivity index (χ1n) is 8.61. The molecule has 2 aliphatic rings. The van der Waals surface area contributed by atoms with Gasteiger partial charge in [0.1, 0.15) is 11.3 Å². The Hall–Kier alpha value is -1.92. The molecule has 3 rings (SSSR count). The predicted octanol–water partition coefficient (Wildman–Crippen LogP) is 4.01. The van der Waals surface area contributed by atoms with Gasteiger partial charge >= 0.3 is 6.09 Å².